The molecule has 0 saturated carbocycles. The van der Waals surface area contributed by atoms with Gasteiger partial charge in [-0.05, 0) is 45.9 Å². The predicted octanol–water partition coefficient (Wildman–Crippen LogP) is 1.40. The van der Waals surface area contributed by atoms with Gasteiger partial charge in [0.25, 0.3) is 0 Å². The Bertz CT molecular complexity index is 173. The van der Waals surface area contributed by atoms with E-state index in [2.05, 4.69) is 36.0 Å². The van der Waals surface area contributed by atoms with E-state index >= 15 is 0 Å². The van der Waals surface area contributed by atoms with Crippen molar-refractivity contribution < 1.29 is 0 Å². The van der Waals surface area contributed by atoms with Gasteiger partial charge in [0.2, 0.25) is 0 Å². The monoisotopic (exact) mass is 227 g/mol. The summed E-state index contributed by atoms with van der Waals surface area (Å²) in [4.78, 5) is 5.15. The molecule has 0 aromatic rings. The Morgan fingerprint density at radius 2 is 2.00 bits per heavy atom. The first-order chi connectivity index (χ1) is 7.77. The summed E-state index contributed by atoms with van der Waals surface area (Å²) in [5, 5.41) is 3.50. The zero-order valence-electron chi connectivity index (χ0n) is 11.3. The lowest BCUT2D eigenvalue weighted by molar-refractivity contribution is 0.184. The van der Waals surface area contributed by atoms with Gasteiger partial charge in [-0.25, -0.2) is 0 Å². The molecule has 1 rings (SSSR count). The van der Waals surface area contributed by atoms with Crippen molar-refractivity contribution in [3.05, 3.63) is 0 Å². The number of hydrogen-bond acceptors (Lipinski definition) is 3. The van der Waals surface area contributed by atoms with Crippen LogP contribution in [0.2, 0.25) is 0 Å². The van der Waals surface area contributed by atoms with E-state index in [0.29, 0.717) is 0 Å². The Morgan fingerprint density at radius 1 is 1.19 bits per heavy atom. The summed E-state index contributed by atoms with van der Waals surface area (Å²) < 4.78 is 0. The fraction of sp³-hybridized carbons (Fsp3) is 1.00. The molecule has 0 aliphatic carbocycles. The van der Waals surface area contributed by atoms with Crippen LogP contribution in [-0.2, 0) is 0 Å². The second kappa shape index (κ2) is 8.04. The second-order valence-electron chi connectivity index (χ2n) is 4.96. The third-order valence-electron chi connectivity index (χ3n) is 3.50. The van der Waals surface area contributed by atoms with Gasteiger partial charge in [-0.1, -0.05) is 13.8 Å². The Morgan fingerprint density at radius 3 is 2.69 bits per heavy atom. The van der Waals surface area contributed by atoms with Crippen molar-refractivity contribution in [2.75, 3.05) is 46.3 Å². The van der Waals surface area contributed by atoms with Crippen molar-refractivity contribution in [1.29, 1.82) is 0 Å². The highest BCUT2D eigenvalue weighted by atomic mass is 15.2. The molecule has 0 bridgehead atoms. The topological polar surface area (TPSA) is 18.5 Å². The zero-order valence-corrected chi connectivity index (χ0v) is 11.3. The summed E-state index contributed by atoms with van der Waals surface area (Å²) in [6.45, 7) is 11.8. The van der Waals surface area contributed by atoms with Gasteiger partial charge < -0.3 is 10.2 Å². The Hall–Kier alpha value is -0.120. The lowest BCUT2D eigenvalue weighted by Gasteiger charge is -2.30. The highest BCUT2D eigenvalue weighted by molar-refractivity contribution is 4.78. The van der Waals surface area contributed by atoms with Crippen molar-refractivity contribution in [1.82, 2.24) is 15.1 Å². The number of hydrogen-bond donors (Lipinski definition) is 1. The van der Waals surface area contributed by atoms with Gasteiger partial charge in [-0.2, -0.15) is 0 Å². The van der Waals surface area contributed by atoms with Crippen molar-refractivity contribution >= 4 is 0 Å². The maximum Gasteiger partial charge on any atom is 0.0220 e. The van der Waals surface area contributed by atoms with Gasteiger partial charge >= 0.3 is 0 Å². The van der Waals surface area contributed by atoms with Crippen LogP contribution in [-0.4, -0.2) is 62.2 Å². The molecule has 1 unspecified atom stereocenters. The average Bonchev–Trinajstić information content (AvgIpc) is 2.46. The number of nitrogens with one attached hydrogen (secondary N) is 1. The number of likely N-dealkylation sites (N-methyl/N-ethyl adjacent to an activating group) is 1. The minimum atomic E-state index is 0.760. The molecular weight excluding hydrogens is 198 g/mol. The molecule has 3 nitrogen and oxygen atoms in total. The molecule has 0 spiro atoms. The van der Waals surface area contributed by atoms with Crippen LogP contribution in [0.3, 0.4) is 0 Å². The standard InChI is InChI=1S/C13H29N3/c1-4-7-14-8-11-16-10-6-9-15(3)12-13(16)5-2/h13-14H,4-12H2,1-3H3. The molecule has 0 aromatic heterocycles. The summed E-state index contributed by atoms with van der Waals surface area (Å²) in [7, 11) is 2.25. The summed E-state index contributed by atoms with van der Waals surface area (Å²) >= 11 is 0. The summed E-state index contributed by atoms with van der Waals surface area (Å²) in [6, 6.07) is 0.760. The van der Waals surface area contributed by atoms with Crippen LogP contribution in [0, 0.1) is 0 Å². The fourth-order valence-corrected chi connectivity index (χ4v) is 2.50. The van der Waals surface area contributed by atoms with Gasteiger partial charge in [0.1, 0.15) is 0 Å². The molecular formula is C13H29N3. The molecule has 3 heteroatoms. The van der Waals surface area contributed by atoms with Crippen LogP contribution in [0.4, 0.5) is 0 Å². The van der Waals surface area contributed by atoms with Crippen LogP contribution in [0.1, 0.15) is 33.1 Å². The molecule has 1 N–H and O–H groups in total. The smallest absolute Gasteiger partial charge is 0.0220 e. The summed E-state index contributed by atoms with van der Waals surface area (Å²) in [5.41, 5.74) is 0. The second-order valence-corrected chi connectivity index (χ2v) is 4.96. The van der Waals surface area contributed by atoms with E-state index in [1.807, 2.05) is 0 Å². The third-order valence-corrected chi connectivity index (χ3v) is 3.50. The van der Waals surface area contributed by atoms with Crippen LogP contribution >= 0.6 is 0 Å². The average molecular weight is 227 g/mol. The first kappa shape index (κ1) is 13.9. The molecule has 1 saturated heterocycles. The van der Waals surface area contributed by atoms with Crippen LogP contribution in [0.15, 0.2) is 0 Å². The summed E-state index contributed by atoms with van der Waals surface area (Å²) in [6.07, 6.45) is 3.83. The van der Waals surface area contributed by atoms with Gasteiger partial charge in [-0.15, -0.1) is 0 Å². The van der Waals surface area contributed by atoms with E-state index in [9.17, 15) is 0 Å². The summed E-state index contributed by atoms with van der Waals surface area (Å²) in [5.74, 6) is 0. The van der Waals surface area contributed by atoms with Gasteiger partial charge in [0.05, 0.1) is 0 Å². The molecule has 1 fully saturated rings. The largest absolute Gasteiger partial charge is 0.315 e. The molecule has 1 aliphatic heterocycles. The highest BCUT2D eigenvalue weighted by Crippen LogP contribution is 2.10. The van der Waals surface area contributed by atoms with E-state index in [1.165, 1.54) is 45.4 Å². The molecule has 1 atom stereocenters. The van der Waals surface area contributed by atoms with E-state index < -0.39 is 0 Å². The van der Waals surface area contributed by atoms with Gasteiger partial charge in [-0.3, -0.25) is 4.90 Å². The molecule has 0 amide bonds. The van der Waals surface area contributed by atoms with E-state index in [-0.39, 0.29) is 0 Å². The lowest BCUT2D eigenvalue weighted by Crippen LogP contribution is -2.43. The molecule has 96 valence electrons. The zero-order chi connectivity index (χ0) is 11.8. The first-order valence-electron chi connectivity index (χ1n) is 6.91. The van der Waals surface area contributed by atoms with Crippen LogP contribution in [0.5, 0.6) is 0 Å². The van der Waals surface area contributed by atoms with Crippen LogP contribution in [0.25, 0.3) is 0 Å². The Labute approximate surface area is 101 Å². The maximum atomic E-state index is 3.50. The fourth-order valence-electron chi connectivity index (χ4n) is 2.50. The molecule has 16 heavy (non-hydrogen) atoms. The van der Waals surface area contributed by atoms with Crippen molar-refractivity contribution in [3.8, 4) is 0 Å². The van der Waals surface area contributed by atoms with Crippen molar-refractivity contribution in [3.63, 3.8) is 0 Å². The van der Waals surface area contributed by atoms with E-state index in [4.69, 9.17) is 0 Å². The normalized spacial score (nSPS) is 24.6. The number of rotatable bonds is 6. The minimum absolute atomic E-state index is 0.760. The highest BCUT2D eigenvalue weighted by Gasteiger charge is 2.20. The maximum absolute atomic E-state index is 3.50. The lowest BCUT2D eigenvalue weighted by atomic mass is 10.2. The molecule has 0 aromatic carbocycles. The van der Waals surface area contributed by atoms with E-state index in [1.54, 1.807) is 0 Å². The predicted molar refractivity (Wildman–Crippen MR) is 70.9 cm³/mol. The SMILES string of the molecule is CCCNCCN1CCCN(C)CC1CC. The third kappa shape index (κ3) is 4.81. The van der Waals surface area contributed by atoms with Crippen molar-refractivity contribution in [2.45, 2.75) is 39.2 Å². The first-order valence-corrected chi connectivity index (χ1v) is 6.91. The van der Waals surface area contributed by atoms with E-state index in [0.717, 1.165) is 19.1 Å². The van der Waals surface area contributed by atoms with Crippen LogP contribution < -0.4 is 5.32 Å². The minimum Gasteiger partial charge on any atom is -0.315 e. The van der Waals surface area contributed by atoms with Gasteiger partial charge in [0.15, 0.2) is 0 Å². The Kier molecular flexibility index (Phi) is 7.01. The molecule has 1 heterocycles. The van der Waals surface area contributed by atoms with Gasteiger partial charge in [0, 0.05) is 25.7 Å². The van der Waals surface area contributed by atoms with Crippen molar-refractivity contribution in [2.24, 2.45) is 0 Å². The number of nitrogens with zero attached hydrogens (tertiary/aromatic N) is 2. The molecule has 0 radical (unpaired) electrons. The molecule has 1 aliphatic rings. The Balaban J connectivity index is 2.30. The quantitative estimate of drug-likeness (QED) is 0.692.